The molecule has 0 aliphatic rings. The Morgan fingerprint density at radius 2 is 1.38 bits per heavy atom. The van der Waals surface area contributed by atoms with Gasteiger partial charge in [0.15, 0.2) is 5.11 Å². The lowest BCUT2D eigenvalue weighted by Crippen LogP contribution is -2.34. The van der Waals surface area contributed by atoms with E-state index in [-0.39, 0.29) is 15.9 Å². The number of sulfonamides is 1. The molecule has 8 nitrogen and oxygen atoms in total. The Bertz CT molecular complexity index is 1530. The maximum atomic E-state index is 12.7. The van der Waals surface area contributed by atoms with Crippen molar-refractivity contribution in [2.75, 3.05) is 23.3 Å². The lowest BCUT2D eigenvalue weighted by Gasteiger charge is -2.12. The van der Waals surface area contributed by atoms with Crippen molar-refractivity contribution in [2.24, 2.45) is 0 Å². The van der Waals surface area contributed by atoms with Crippen LogP contribution in [0.5, 0.6) is 11.5 Å². The first-order chi connectivity index (χ1) is 19.3. The van der Waals surface area contributed by atoms with Gasteiger partial charge in [0.25, 0.3) is 15.9 Å². The first-order valence-corrected chi connectivity index (χ1v) is 14.5. The van der Waals surface area contributed by atoms with Crippen LogP contribution >= 0.6 is 12.2 Å². The Hall–Kier alpha value is -4.41. The molecular weight excluding hydrogens is 546 g/mol. The number of amides is 1. The molecule has 0 aliphatic carbocycles. The summed E-state index contributed by atoms with van der Waals surface area (Å²) in [6.45, 7) is 2.93. The summed E-state index contributed by atoms with van der Waals surface area (Å²) >= 11 is 5.26. The van der Waals surface area contributed by atoms with Gasteiger partial charge in [-0.05, 0) is 97.5 Å². The molecule has 206 valence electrons. The smallest absolute Gasteiger partial charge is 0.261 e. The number of thiocarbonyl (C=S) groups is 1. The Kier molecular flexibility index (Phi) is 9.71. The summed E-state index contributed by atoms with van der Waals surface area (Å²) < 4.78 is 39.2. The van der Waals surface area contributed by atoms with Crippen LogP contribution < -0.4 is 24.8 Å². The van der Waals surface area contributed by atoms with Gasteiger partial charge in [0.2, 0.25) is 0 Å². The van der Waals surface area contributed by atoms with Crippen molar-refractivity contribution >= 4 is 44.6 Å². The van der Waals surface area contributed by atoms with Gasteiger partial charge < -0.3 is 14.8 Å². The van der Waals surface area contributed by atoms with E-state index in [0.29, 0.717) is 41.7 Å². The summed E-state index contributed by atoms with van der Waals surface area (Å²) in [4.78, 5) is 12.7. The number of rotatable bonds is 11. The molecule has 0 bridgehead atoms. The number of hydrogen-bond acceptors (Lipinski definition) is 6. The third-order valence-electron chi connectivity index (χ3n) is 5.69. The van der Waals surface area contributed by atoms with E-state index in [9.17, 15) is 13.2 Å². The molecule has 0 spiro atoms. The number of anilines is 2. The van der Waals surface area contributed by atoms with Crippen molar-refractivity contribution in [3.05, 3.63) is 114 Å². The van der Waals surface area contributed by atoms with Crippen molar-refractivity contribution in [3.8, 4) is 11.5 Å². The van der Waals surface area contributed by atoms with Gasteiger partial charge in [0.1, 0.15) is 11.5 Å². The van der Waals surface area contributed by atoms with Crippen LogP contribution in [-0.2, 0) is 16.4 Å². The number of carbonyl (C=O) groups is 1. The van der Waals surface area contributed by atoms with Gasteiger partial charge >= 0.3 is 0 Å². The van der Waals surface area contributed by atoms with Crippen LogP contribution in [0.3, 0.4) is 0 Å². The average molecular weight is 576 g/mol. The van der Waals surface area contributed by atoms with Crippen molar-refractivity contribution in [1.29, 1.82) is 0 Å². The molecule has 0 aliphatic heterocycles. The molecule has 0 fully saturated rings. The van der Waals surface area contributed by atoms with Gasteiger partial charge in [-0.25, -0.2) is 8.42 Å². The number of carbonyl (C=O) groups excluding carboxylic acids is 1. The lowest BCUT2D eigenvalue weighted by molar-refractivity contribution is 0.0977. The van der Waals surface area contributed by atoms with Gasteiger partial charge in [0.05, 0.1) is 18.1 Å². The quantitative estimate of drug-likeness (QED) is 0.199. The van der Waals surface area contributed by atoms with E-state index in [1.165, 1.54) is 17.7 Å². The topological polar surface area (TPSA) is 106 Å². The zero-order chi connectivity index (χ0) is 28.4. The minimum atomic E-state index is -3.79. The van der Waals surface area contributed by atoms with Gasteiger partial charge in [-0.15, -0.1) is 0 Å². The number of ether oxygens (including phenoxy) is 2. The van der Waals surface area contributed by atoms with Crippen LogP contribution in [0.1, 0.15) is 22.8 Å². The van der Waals surface area contributed by atoms with E-state index in [1.807, 2.05) is 37.3 Å². The Morgan fingerprint density at radius 3 is 2.02 bits per heavy atom. The van der Waals surface area contributed by atoms with Crippen molar-refractivity contribution in [1.82, 2.24) is 5.32 Å². The predicted molar refractivity (Wildman–Crippen MR) is 161 cm³/mol. The molecule has 4 rings (SSSR count). The zero-order valence-corrected chi connectivity index (χ0v) is 23.4. The highest BCUT2D eigenvalue weighted by atomic mass is 32.2. The van der Waals surface area contributed by atoms with E-state index < -0.39 is 10.0 Å². The van der Waals surface area contributed by atoms with E-state index in [0.717, 1.165) is 6.42 Å². The van der Waals surface area contributed by atoms with Gasteiger partial charge in [-0.1, -0.05) is 30.3 Å². The zero-order valence-electron chi connectivity index (χ0n) is 21.8. The maximum absolute atomic E-state index is 12.7. The molecule has 40 heavy (non-hydrogen) atoms. The van der Waals surface area contributed by atoms with E-state index in [4.69, 9.17) is 21.7 Å². The van der Waals surface area contributed by atoms with Crippen LogP contribution in [0.2, 0.25) is 0 Å². The molecule has 0 atom stereocenters. The van der Waals surface area contributed by atoms with E-state index in [2.05, 4.69) is 15.4 Å². The molecule has 4 aromatic carbocycles. The summed E-state index contributed by atoms with van der Waals surface area (Å²) in [6.07, 6.45) is 0.787. The Labute approximate surface area is 239 Å². The maximum Gasteiger partial charge on any atom is 0.261 e. The van der Waals surface area contributed by atoms with E-state index in [1.54, 1.807) is 60.7 Å². The van der Waals surface area contributed by atoms with Crippen molar-refractivity contribution in [3.63, 3.8) is 0 Å². The standard InChI is InChI=1S/C30H29N3O5S2/c1-2-37-26-16-10-25(11-17-26)33-40(35,36)28-18-12-24(13-19-28)31-30(39)32-29(34)23-8-14-27(15-9-23)38-21-20-22-6-4-3-5-7-22/h3-19,33H,2,20-21H2,1H3,(H2,31,32,34,39). The molecule has 0 radical (unpaired) electrons. The fourth-order valence-corrected chi connectivity index (χ4v) is 4.96. The second kappa shape index (κ2) is 13.6. The van der Waals surface area contributed by atoms with Crippen molar-refractivity contribution < 1.29 is 22.7 Å². The molecule has 0 heterocycles. The van der Waals surface area contributed by atoms with Crippen LogP contribution in [-0.4, -0.2) is 32.7 Å². The highest BCUT2D eigenvalue weighted by molar-refractivity contribution is 7.92. The monoisotopic (exact) mass is 575 g/mol. The molecule has 0 aromatic heterocycles. The summed E-state index contributed by atoms with van der Waals surface area (Å²) in [6, 6.07) is 29.5. The summed E-state index contributed by atoms with van der Waals surface area (Å²) in [7, 11) is -3.79. The van der Waals surface area contributed by atoms with Crippen LogP contribution in [0.25, 0.3) is 0 Å². The fraction of sp³-hybridized carbons (Fsp3) is 0.133. The summed E-state index contributed by atoms with van der Waals surface area (Å²) in [5.74, 6) is 0.942. The van der Waals surface area contributed by atoms with Crippen molar-refractivity contribution in [2.45, 2.75) is 18.2 Å². The third-order valence-corrected chi connectivity index (χ3v) is 7.29. The summed E-state index contributed by atoms with van der Waals surface area (Å²) in [5.41, 5.74) is 2.55. The largest absolute Gasteiger partial charge is 0.494 e. The minimum Gasteiger partial charge on any atom is -0.494 e. The predicted octanol–water partition coefficient (Wildman–Crippen LogP) is 5.63. The molecule has 0 saturated heterocycles. The summed E-state index contributed by atoms with van der Waals surface area (Å²) in [5, 5.41) is 5.59. The second-order valence-electron chi connectivity index (χ2n) is 8.60. The van der Waals surface area contributed by atoms with Gasteiger partial charge in [-0.2, -0.15) is 0 Å². The van der Waals surface area contributed by atoms with Gasteiger partial charge in [0, 0.05) is 23.4 Å². The first kappa shape index (κ1) is 28.6. The lowest BCUT2D eigenvalue weighted by atomic mass is 10.2. The highest BCUT2D eigenvalue weighted by Crippen LogP contribution is 2.21. The molecule has 1 amide bonds. The molecule has 10 heteroatoms. The minimum absolute atomic E-state index is 0.0768. The second-order valence-corrected chi connectivity index (χ2v) is 10.7. The molecule has 0 unspecified atom stereocenters. The molecule has 3 N–H and O–H groups in total. The normalized spacial score (nSPS) is 10.8. The average Bonchev–Trinajstić information content (AvgIpc) is 2.95. The van der Waals surface area contributed by atoms with Gasteiger partial charge in [-0.3, -0.25) is 14.8 Å². The molecule has 4 aromatic rings. The fourth-order valence-electron chi connectivity index (χ4n) is 3.69. The number of hydrogen-bond donors (Lipinski definition) is 3. The number of nitrogens with one attached hydrogen (secondary N) is 3. The van der Waals surface area contributed by atoms with E-state index >= 15 is 0 Å². The SMILES string of the molecule is CCOc1ccc(NS(=O)(=O)c2ccc(NC(=S)NC(=O)c3ccc(OCCc4ccccc4)cc3)cc2)cc1. The van der Waals surface area contributed by atoms with Crippen LogP contribution in [0, 0.1) is 0 Å². The highest BCUT2D eigenvalue weighted by Gasteiger charge is 2.15. The van der Waals surface area contributed by atoms with Crippen LogP contribution in [0.15, 0.2) is 108 Å². The molecule has 0 saturated carbocycles. The first-order valence-electron chi connectivity index (χ1n) is 12.6. The third kappa shape index (κ3) is 8.29. The number of benzene rings is 4. The Balaban J connectivity index is 1.26. The molecular formula is C30H29N3O5S2. The van der Waals surface area contributed by atoms with Crippen LogP contribution in [0.4, 0.5) is 11.4 Å². The Morgan fingerprint density at radius 1 is 0.775 bits per heavy atom.